The van der Waals surface area contributed by atoms with Crippen molar-refractivity contribution in [3.63, 3.8) is 0 Å². The molecule has 1 aliphatic rings. The van der Waals surface area contributed by atoms with E-state index in [4.69, 9.17) is 15.2 Å². The first-order chi connectivity index (χ1) is 6.11. The summed E-state index contributed by atoms with van der Waals surface area (Å²) in [5, 5.41) is 0. The van der Waals surface area contributed by atoms with Crippen molar-refractivity contribution >= 4 is 0 Å². The molecule has 3 nitrogen and oxygen atoms in total. The molecule has 0 aromatic carbocycles. The van der Waals surface area contributed by atoms with Gasteiger partial charge in [0.05, 0.1) is 11.7 Å². The predicted molar refractivity (Wildman–Crippen MR) is 52.7 cm³/mol. The molecular weight excluding hydrogens is 166 g/mol. The lowest BCUT2D eigenvalue weighted by Gasteiger charge is -2.26. The van der Waals surface area contributed by atoms with E-state index in [1.165, 1.54) is 0 Å². The molecule has 0 aromatic heterocycles. The van der Waals surface area contributed by atoms with Crippen LogP contribution < -0.4 is 5.73 Å². The van der Waals surface area contributed by atoms with Gasteiger partial charge in [-0.05, 0) is 32.6 Å². The van der Waals surface area contributed by atoms with Crippen molar-refractivity contribution in [1.29, 1.82) is 0 Å². The van der Waals surface area contributed by atoms with Gasteiger partial charge in [0.2, 0.25) is 0 Å². The molecule has 1 aliphatic carbocycles. The van der Waals surface area contributed by atoms with Gasteiger partial charge in [-0.3, -0.25) is 0 Å². The number of methoxy groups -OCH3 is 2. The molecule has 2 N–H and O–H groups in total. The predicted octanol–water partition coefficient (Wildman–Crippen LogP) is 1.31. The van der Waals surface area contributed by atoms with Gasteiger partial charge in [0.1, 0.15) is 0 Å². The smallest absolute Gasteiger partial charge is 0.0723 e. The zero-order valence-corrected chi connectivity index (χ0v) is 8.88. The highest BCUT2D eigenvalue weighted by Gasteiger charge is 2.32. The fourth-order valence-corrected chi connectivity index (χ4v) is 1.94. The van der Waals surface area contributed by atoms with E-state index in [0.29, 0.717) is 0 Å². The Morgan fingerprint density at radius 2 is 1.85 bits per heavy atom. The van der Waals surface area contributed by atoms with E-state index in [-0.39, 0.29) is 17.7 Å². The second-order valence-corrected chi connectivity index (χ2v) is 4.17. The van der Waals surface area contributed by atoms with E-state index < -0.39 is 0 Å². The number of nitrogens with two attached hydrogens (primary N) is 1. The summed E-state index contributed by atoms with van der Waals surface area (Å²) in [6.07, 6.45) is 4.27. The Labute approximate surface area is 80.6 Å². The zero-order valence-electron chi connectivity index (χ0n) is 8.88. The van der Waals surface area contributed by atoms with Crippen molar-refractivity contribution in [2.24, 2.45) is 5.73 Å². The molecule has 1 fully saturated rings. The van der Waals surface area contributed by atoms with Gasteiger partial charge in [-0.15, -0.1) is 0 Å². The van der Waals surface area contributed by atoms with Gasteiger partial charge in [-0.2, -0.15) is 0 Å². The second kappa shape index (κ2) is 4.40. The molecule has 0 radical (unpaired) electrons. The van der Waals surface area contributed by atoms with Crippen LogP contribution in [0.15, 0.2) is 0 Å². The molecule has 0 amide bonds. The molecule has 3 heteroatoms. The number of ether oxygens (including phenoxy) is 2. The minimum Gasteiger partial charge on any atom is -0.380 e. The largest absolute Gasteiger partial charge is 0.380 e. The maximum Gasteiger partial charge on any atom is 0.0723 e. The summed E-state index contributed by atoms with van der Waals surface area (Å²) in [6.45, 7) is 2.15. The van der Waals surface area contributed by atoms with E-state index in [9.17, 15) is 0 Å². The van der Waals surface area contributed by atoms with Crippen molar-refractivity contribution in [1.82, 2.24) is 0 Å². The van der Waals surface area contributed by atoms with Gasteiger partial charge >= 0.3 is 0 Å². The summed E-state index contributed by atoms with van der Waals surface area (Å²) >= 11 is 0. The topological polar surface area (TPSA) is 44.5 Å². The summed E-state index contributed by atoms with van der Waals surface area (Å²) in [5.41, 5.74) is 5.99. The minimum atomic E-state index is 0.00486. The highest BCUT2D eigenvalue weighted by molar-refractivity contribution is 4.87. The summed E-state index contributed by atoms with van der Waals surface area (Å²) in [4.78, 5) is 0. The maximum absolute atomic E-state index is 5.98. The van der Waals surface area contributed by atoms with Gasteiger partial charge in [-0.1, -0.05) is 0 Å². The quantitative estimate of drug-likeness (QED) is 0.663. The summed E-state index contributed by atoms with van der Waals surface area (Å²) in [7, 11) is 3.51. The van der Waals surface area contributed by atoms with Crippen LogP contribution in [0.1, 0.15) is 32.6 Å². The minimum absolute atomic E-state index is 0.00486. The number of hydrogen-bond acceptors (Lipinski definition) is 3. The van der Waals surface area contributed by atoms with E-state index in [0.717, 1.165) is 25.7 Å². The summed E-state index contributed by atoms with van der Waals surface area (Å²) in [6, 6.07) is 0.168. The van der Waals surface area contributed by atoms with Crippen LogP contribution in [0.2, 0.25) is 0 Å². The molecule has 1 rings (SSSR count). The first-order valence-electron chi connectivity index (χ1n) is 4.95. The van der Waals surface area contributed by atoms with Crippen molar-refractivity contribution < 1.29 is 9.47 Å². The molecule has 0 bridgehead atoms. The van der Waals surface area contributed by atoms with Crippen LogP contribution >= 0.6 is 0 Å². The lowest BCUT2D eigenvalue weighted by atomic mass is 9.97. The monoisotopic (exact) mass is 187 g/mol. The van der Waals surface area contributed by atoms with Crippen molar-refractivity contribution in [2.75, 3.05) is 14.2 Å². The van der Waals surface area contributed by atoms with Gasteiger partial charge in [0, 0.05) is 20.3 Å². The Hall–Kier alpha value is -0.120. The highest BCUT2D eigenvalue weighted by atomic mass is 16.5. The molecule has 3 atom stereocenters. The van der Waals surface area contributed by atoms with Crippen LogP contribution in [0.5, 0.6) is 0 Å². The average molecular weight is 187 g/mol. The number of rotatable bonds is 2. The van der Waals surface area contributed by atoms with E-state index in [1.807, 2.05) is 0 Å². The highest BCUT2D eigenvalue weighted by Crippen LogP contribution is 2.29. The fraction of sp³-hybridized carbons (Fsp3) is 1.00. The van der Waals surface area contributed by atoms with Crippen LogP contribution in [-0.2, 0) is 9.47 Å². The molecular formula is C10H21NO2. The second-order valence-electron chi connectivity index (χ2n) is 4.17. The lowest BCUT2D eigenvalue weighted by Crippen LogP contribution is -2.34. The third-order valence-electron chi connectivity index (χ3n) is 3.24. The third-order valence-corrected chi connectivity index (χ3v) is 3.24. The average Bonchev–Trinajstić information content (AvgIpc) is 2.28. The molecule has 13 heavy (non-hydrogen) atoms. The Bertz CT molecular complexity index is 163. The molecule has 1 saturated carbocycles. The van der Waals surface area contributed by atoms with Crippen molar-refractivity contribution in [3.8, 4) is 0 Å². The van der Waals surface area contributed by atoms with Gasteiger partial charge in [0.25, 0.3) is 0 Å². The normalized spacial score (nSPS) is 41.5. The van der Waals surface area contributed by atoms with Crippen molar-refractivity contribution in [2.45, 2.75) is 50.4 Å². The van der Waals surface area contributed by atoms with E-state index in [1.54, 1.807) is 14.2 Å². The van der Waals surface area contributed by atoms with Gasteiger partial charge in [-0.25, -0.2) is 0 Å². The Morgan fingerprint density at radius 3 is 2.38 bits per heavy atom. The molecule has 3 unspecified atom stereocenters. The molecule has 0 saturated heterocycles. The van der Waals surface area contributed by atoms with Crippen molar-refractivity contribution in [3.05, 3.63) is 0 Å². The van der Waals surface area contributed by atoms with Crippen LogP contribution in [0.3, 0.4) is 0 Å². The first kappa shape index (κ1) is 11.0. The standard InChI is InChI=1S/C10H21NO2/c1-10(13-3)6-4-8(11)9(12-2)5-7-10/h8-9H,4-7,11H2,1-3H3. The van der Waals surface area contributed by atoms with Gasteiger partial charge < -0.3 is 15.2 Å². The van der Waals surface area contributed by atoms with E-state index >= 15 is 0 Å². The van der Waals surface area contributed by atoms with Crippen LogP contribution in [0.25, 0.3) is 0 Å². The lowest BCUT2D eigenvalue weighted by molar-refractivity contribution is -0.0105. The molecule has 0 spiro atoms. The Balaban J connectivity index is 2.56. The van der Waals surface area contributed by atoms with Crippen LogP contribution in [0, 0.1) is 0 Å². The zero-order chi connectivity index (χ0) is 9.90. The van der Waals surface area contributed by atoms with Crippen LogP contribution in [-0.4, -0.2) is 32.0 Å². The summed E-state index contributed by atoms with van der Waals surface area (Å²) < 4.78 is 10.8. The first-order valence-corrected chi connectivity index (χ1v) is 4.95. The Morgan fingerprint density at radius 1 is 1.23 bits per heavy atom. The van der Waals surface area contributed by atoms with E-state index in [2.05, 4.69) is 6.92 Å². The number of hydrogen-bond donors (Lipinski definition) is 1. The van der Waals surface area contributed by atoms with Crippen LogP contribution in [0.4, 0.5) is 0 Å². The summed E-state index contributed by atoms with van der Waals surface area (Å²) in [5.74, 6) is 0. The molecule has 0 heterocycles. The molecule has 78 valence electrons. The third kappa shape index (κ3) is 2.66. The Kier molecular flexibility index (Phi) is 3.71. The maximum atomic E-state index is 5.98. The fourth-order valence-electron chi connectivity index (χ4n) is 1.94. The molecule has 0 aromatic rings. The SMILES string of the molecule is COC1CCC(C)(OC)CCC1N. The van der Waals surface area contributed by atoms with Gasteiger partial charge in [0.15, 0.2) is 0 Å². The molecule has 0 aliphatic heterocycles.